The van der Waals surface area contributed by atoms with E-state index in [0.717, 1.165) is 36.7 Å². The normalized spacial score (nSPS) is 18.7. The van der Waals surface area contributed by atoms with Crippen molar-refractivity contribution in [3.8, 4) is 0 Å². The molecule has 2 fully saturated rings. The zero-order chi connectivity index (χ0) is 18.3. The third-order valence-corrected chi connectivity index (χ3v) is 6.08. The molecule has 1 aliphatic heterocycles. The molecule has 5 nitrogen and oxygen atoms in total. The number of para-hydroxylation sites is 1. The number of halogens is 1. The topological polar surface area (TPSA) is 45.6 Å². The maximum atomic E-state index is 13.1. The Kier molecular flexibility index (Phi) is 4.65. The highest BCUT2D eigenvalue weighted by molar-refractivity contribution is 6.35. The fourth-order valence-electron chi connectivity index (χ4n) is 3.99. The molecular weight excluding hydrogens is 350 g/mol. The minimum Gasteiger partial charge on any atom is -0.341 e. The molecule has 2 heterocycles. The summed E-state index contributed by atoms with van der Waals surface area (Å²) in [5, 5.41) is 1.62. The van der Waals surface area contributed by atoms with E-state index in [9.17, 15) is 9.59 Å². The molecule has 0 N–H and O–H groups in total. The molecule has 1 aromatic carbocycles. The number of nitrogens with zero attached hydrogens (tertiary/aromatic N) is 3. The second-order valence-corrected chi connectivity index (χ2v) is 7.77. The molecule has 26 heavy (non-hydrogen) atoms. The number of hydrogen-bond donors (Lipinski definition) is 0. The van der Waals surface area contributed by atoms with E-state index in [4.69, 9.17) is 11.6 Å². The second-order valence-electron chi connectivity index (χ2n) is 7.37. The van der Waals surface area contributed by atoms with Gasteiger partial charge in [-0.05, 0) is 31.4 Å². The lowest BCUT2D eigenvalue weighted by Gasteiger charge is -2.31. The van der Waals surface area contributed by atoms with Crippen LogP contribution < -0.4 is 0 Å². The predicted octanol–water partition coefficient (Wildman–Crippen LogP) is 3.31. The van der Waals surface area contributed by atoms with Crippen molar-refractivity contribution in [2.75, 3.05) is 26.2 Å². The number of aromatic nitrogens is 1. The molecule has 2 aromatic rings. The minimum absolute atomic E-state index is 0.0118. The van der Waals surface area contributed by atoms with Gasteiger partial charge in [-0.1, -0.05) is 30.2 Å². The molecule has 1 saturated heterocycles. The molecule has 2 amide bonds. The molecule has 2 aliphatic rings. The van der Waals surface area contributed by atoms with Crippen molar-refractivity contribution in [1.29, 1.82) is 0 Å². The van der Waals surface area contributed by atoms with Crippen LogP contribution in [0.25, 0.3) is 10.9 Å². The van der Waals surface area contributed by atoms with E-state index < -0.39 is 0 Å². The monoisotopic (exact) mass is 373 g/mol. The lowest BCUT2D eigenvalue weighted by molar-refractivity contribution is -0.138. The Hall–Kier alpha value is -2.01. The van der Waals surface area contributed by atoms with Crippen molar-refractivity contribution in [2.45, 2.75) is 25.7 Å². The minimum atomic E-state index is 0.0118. The quantitative estimate of drug-likeness (QED) is 0.810. The largest absolute Gasteiger partial charge is 0.341 e. The van der Waals surface area contributed by atoms with Crippen LogP contribution in [0, 0.1) is 5.92 Å². The zero-order valence-electron chi connectivity index (χ0n) is 15.1. The summed E-state index contributed by atoms with van der Waals surface area (Å²) in [6, 6.07) is 7.62. The number of fused-ring (bicyclic) bond motifs is 1. The van der Waals surface area contributed by atoms with Gasteiger partial charge >= 0.3 is 0 Å². The molecule has 0 spiro atoms. The number of rotatable bonds is 2. The summed E-state index contributed by atoms with van der Waals surface area (Å²) >= 11 is 6.31. The van der Waals surface area contributed by atoms with Crippen molar-refractivity contribution in [3.05, 3.63) is 35.0 Å². The molecule has 6 heteroatoms. The first-order valence-corrected chi connectivity index (χ1v) is 9.76. The van der Waals surface area contributed by atoms with Crippen LogP contribution in [0.5, 0.6) is 0 Å². The van der Waals surface area contributed by atoms with Crippen molar-refractivity contribution in [3.63, 3.8) is 0 Å². The number of hydrogen-bond acceptors (Lipinski definition) is 2. The van der Waals surface area contributed by atoms with E-state index in [0.29, 0.717) is 30.4 Å². The van der Waals surface area contributed by atoms with Gasteiger partial charge in [0, 0.05) is 44.5 Å². The van der Waals surface area contributed by atoms with Gasteiger partial charge in [0.15, 0.2) is 0 Å². The summed E-state index contributed by atoms with van der Waals surface area (Å²) < 4.78 is 1.88. The van der Waals surface area contributed by atoms with Gasteiger partial charge in [-0.25, -0.2) is 0 Å². The van der Waals surface area contributed by atoms with Gasteiger partial charge in [0.05, 0.1) is 10.5 Å². The summed E-state index contributed by atoms with van der Waals surface area (Å²) in [7, 11) is 1.88. The van der Waals surface area contributed by atoms with Crippen LogP contribution in [0.15, 0.2) is 24.3 Å². The average molecular weight is 374 g/mol. The van der Waals surface area contributed by atoms with Gasteiger partial charge in [0.25, 0.3) is 5.91 Å². The molecule has 4 rings (SSSR count). The molecule has 1 saturated carbocycles. The van der Waals surface area contributed by atoms with Crippen LogP contribution in [0.1, 0.15) is 36.2 Å². The molecule has 1 aromatic heterocycles. The fraction of sp³-hybridized carbons (Fsp3) is 0.500. The number of carbonyl (C=O) groups excluding carboxylic acids is 2. The molecule has 0 radical (unpaired) electrons. The van der Waals surface area contributed by atoms with Gasteiger partial charge < -0.3 is 14.4 Å². The van der Waals surface area contributed by atoms with Gasteiger partial charge in [-0.3, -0.25) is 9.59 Å². The smallest absolute Gasteiger partial charge is 0.270 e. The molecule has 0 atom stereocenters. The van der Waals surface area contributed by atoms with E-state index in [1.807, 2.05) is 45.7 Å². The molecule has 0 unspecified atom stereocenters. The number of carbonyl (C=O) groups is 2. The summed E-state index contributed by atoms with van der Waals surface area (Å²) in [5.74, 6) is 0.511. The Morgan fingerprint density at radius 1 is 1.04 bits per heavy atom. The lowest BCUT2D eigenvalue weighted by Crippen LogP contribution is -2.41. The first-order chi connectivity index (χ1) is 12.6. The van der Waals surface area contributed by atoms with E-state index in [1.54, 1.807) is 0 Å². The Bertz CT molecular complexity index is 856. The summed E-state index contributed by atoms with van der Waals surface area (Å²) in [6.45, 7) is 2.65. The van der Waals surface area contributed by atoms with Crippen molar-refractivity contribution in [1.82, 2.24) is 14.4 Å². The number of amides is 2. The van der Waals surface area contributed by atoms with E-state index in [-0.39, 0.29) is 17.7 Å². The van der Waals surface area contributed by atoms with Crippen LogP contribution in [-0.4, -0.2) is 52.4 Å². The first kappa shape index (κ1) is 17.4. The van der Waals surface area contributed by atoms with Crippen molar-refractivity contribution in [2.24, 2.45) is 13.0 Å². The Labute approximate surface area is 158 Å². The second kappa shape index (κ2) is 6.95. The highest BCUT2D eigenvalue weighted by atomic mass is 35.5. The van der Waals surface area contributed by atoms with Gasteiger partial charge in [-0.2, -0.15) is 0 Å². The summed E-state index contributed by atoms with van der Waals surface area (Å²) in [4.78, 5) is 29.4. The van der Waals surface area contributed by atoms with E-state index in [2.05, 4.69) is 0 Å². The molecule has 0 bridgehead atoms. The Balaban J connectivity index is 1.51. The summed E-state index contributed by atoms with van der Waals surface area (Å²) in [5.41, 5.74) is 1.53. The maximum Gasteiger partial charge on any atom is 0.270 e. The number of aryl methyl sites for hydroxylation is 1. The van der Waals surface area contributed by atoms with Crippen molar-refractivity contribution < 1.29 is 9.59 Å². The third kappa shape index (κ3) is 2.98. The average Bonchev–Trinajstić information content (AvgIpc) is 2.77. The standard InChI is InChI=1S/C20H24ClN3O2/c1-22-17(13-15-7-3-8-16(21)18(15)22)20(26)24-10-4-9-23(11-12-24)19(25)14-5-2-6-14/h3,7-8,13-14H,2,4-6,9-12H2,1H3. The highest BCUT2D eigenvalue weighted by Crippen LogP contribution is 2.29. The fourth-order valence-corrected chi connectivity index (χ4v) is 4.30. The highest BCUT2D eigenvalue weighted by Gasteiger charge is 2.31. The first-order valence-electron chi connectivity index (χ1n) is 9.38. The van der Waals surface area contributed by atoms with Crippen molar-refractivity contribution >= 4 is 34.3 Å². The molecule has 1 aliphatic carbocycles. The summed E-state index contributed by atoms with van der Waals surface area (Å²) in [6.07, 6.45) is 4.04. The van der Waals surface area contributed by atoms with Gasteiger partial charge in [-0.15, -0.1) is 0 Å². The third-order valence-electron chi connectivity index (χ3n) is 5.78. The molecule has 138 valence electrons. The Morgan fingerprint density at radius 2 is 1.77 bits per heavy atom. The zero-order valence-corrected chi connectivity index (χ0v) is 15.8. The maximum absolute atomic E-state index is 13.1. The van der Waals surface area contributed by atoms with Gasteiger partial charge in [0.1, 0.15) is 5.69 Å². The van der Waals surface area contributed by atoms with Crippen LogP contribution in [0.3, 0.4) is 0 Å². The van der Waals surface area contributed by atoms with Crippen LogP contribution in [0.4, 0.5) is 0 Å². The van der Waals surface area contributed by atoms with Crippen LogP contribution >= 0.6 is 11.6 Å². The van der Waals surface area contributed by atoms with Gasteiger partial charge in [0.2, 0.25) is 5.91 Å². The van der Waals surface area contributed by atoms with E-state index in [1.165, 1.54) is 6.42 Å². The molecular formula is C20H24ClN3O2. The SMILES string of the molecule is Cn1c(C(=O)N2CCCN(C(=O)C3CCC3)CC2)cc2cccc(Cl)c21. The lowest BCUT2D eigenvalue weighted by atomic mass is 9.84. The van der Waals surface area contributed by atoms with Crippen LogP contribution in [0.2, 0.25) is 5.02 Å². The predicted molar refractivity (Wildman–Crippen MR) is 102 cm³/mol. The van der Waals surface area contributed by atoms with Crippen LogP contribution in [-0.2, 0) is 11.8 Å². The number of benzene rings is 1. The Morgan fingerprint density at radius 3 is 2.46 bits per heavy atom. The van der Waals surface area contributed by atoms with E-state index >= 15 is 0 Å².